The summed E-state index contributed by atoms with van der Waals surface area (Å²) in [6, 6.07) is 4.76. The number of nitrogens with zero attached hydrogens (tertiary/aromatic N) is 2. The van der Waals surface area contributed by atoms with Gasteiger partial charge in [-0.2, -0.15) is 0 Å². The normalized spacial score (nSPS) is 28.5. The zero-order chi connectivity index (χ0) is 11.7. The van der Waals surface area contributed by atoms with Gasteiger partial charge >= 0.3 is 0 Å². The summed E-state index contributed by atoms with van der Waals surface area (Å²) >= 11 is 0. The highest BCUT2D eigenvalue weighted by Crippen LogP contribution is 2.29. The monoisotopic (exact) mass is 231 g/mol. The maximum Gasteiger partial charge on any atom is 0.0605 e. The van der Waals surface area contributed by atoms with E-state index >= 15 is 0 Å². The summed E-state index contributed by atoms with van der Waals surface area (Å²) in [7, 11) is 2.21. The molecule has 0 bridgehead atoms. The molecule has 0 aromatic carbocycles. The van der Waals surface area contributed by atoms with Crippen molar-refractivity contribution in [3.05, 3.63) is 29.6 Å². The number of rotatable bonds is 3. The van der Waals surface area contributed by atoms with Gasteiger partial charge in [0.15, 0.2) is 0 Å². The van der Waals surface area contributed by atoms with Gasteiger partial charge in [0.25, 0.3) is 0 Å². The Morgan fingerprint density at radius 3 is 3.24 bits per heavy atom. The second-order valence-electron chi connectivity index (χ2n) is 5.46. The molecule has 3 heteroatoms. The third-order valence-corrected chi connectivity index (χ3v) is 4.10. The lowest BCUT2D eigenvalue weighted by Gasteiger charge is -2.16. The van der Waals surface area contributed by atoms with E-state index < -0.39 is 0 Å². The number of aryl methyl sites for hydroxylation is 1. The van der Waals surface area contributed by atoms with Crippen LogP contribution in [0.2, 0.25) is 0 Å². The highest BCUT2D eigenvalue weighted by molar-refractivity contribution is 5.27. The highest BCUT2D eigenvalue weighted by atomic mass is 15.1. The topological polar surface area (TPSA) is 28.2 Å². The first kappa shape index (κ1) is 11.2. The average molecular weight is 231 g/mol. The van der Waals surface area contributed by atoms with E-state index in [1.807, 2.05) is 12.3 Å². The number of hydrogen-bond acceptors (Lipinski definition) is 3. The van der Waals surface area contributed by atoms with Gasteiger partial charge in [0.1, 0.15) is 0 Å². The summed E-state index contributed by atoms with van der Waals surface area (Å²) < 4.78 is 0. The van der Waals surface area contributed by atoms with Crippen LogP contribution in [0.5, 0.6) is 0 Å². The van der Waals surface area contributed by atoms with Gasteiger partial charge in [-0.1, -0.05) is 6.07 Å². The summed E-state index contributed by atoms with van der Waals surface area (Å²) in [5.41, 5.74) is 2.73. The molecule has 0 saturated carbocycles. The van der Waals surface area contributed by atoms with Crippen LogP contribution in [0.25, 0.3) is 0 Å². The number of hydrogen-bond donors (Lipinski definition) is 1. The minimum Gasteiger partial charge on any atom is -0.308 e. The summed E-state index contributed by atoms with van der Waals surface area (Å²) in [4.78, 5) is 6.95. The van der Waals surface area contributed by atoms with Crippen LogP contribution in [-0.4, -0.2) is 36.6 Å². The Labute approximate surface area is 103 Å². The first-order valence-electron chi connectivity index (χ1n) is 6.68. The smallest absolute Gasteiger partial charge is 0.0605 e. The number of aromatic nitrogens is 1. The van der Waals surface area contributed by atoms with Crippen LogP contribution in [0.3, 0.4) is 0 Å². The van der Waals surface area contributed by atoms with Crippen LogP contribution >= 0.6 is 0 Å². The van der Waals surface area contributed by atoms with Gasteiger partial charge in [0, 0.05) is 12.7 Å². The molecule has 1 aliphatic carbocycles. The maximum absolute atomic E-state index is 4.53. The maximum atomic E-state index is 4.53. The fraction of sp³-hybridized carbons (Fsp3) is 0.643. The van der Waals surface area contributed by atoms with Gasteiger partial charge in [-0.3, -0.25) is 4.98 Å². The van der Waals surface area contributed by atoms with Gasteiger partial charge < -0.3 is 10.2 Å². The van der Waals surface area contributed by atoms with Crippen molar-refractivity contribution in [2.24, 2.45) is 5.92 Å². The van der Waals surface area contributed by atoms with E-state index in [9.17, 15) is 0 Å². The first-order valence-corrected chi connectivity index (χ1v) is 6.68. The van der Waals surface area contributed by atoms with E-state index in [0.29, 0.717) is 6.04 Å². The molecule has 1 aromatic rings. The van der Waals surface area contributed by atoms with Gasteiger partial charge in [0.05, 0.1) is 11.7 Å². The Morgan fingerprint density at radius 1 is 1.47 bits per heavy atom. The molecule has 1 aromatic heterocycles. The second-order valence-corrected chi connectivity index (χ2v) is 5.46. The van der Waals surface area contributed by atoms with E-state index in [-0.39, 0.29) is 0 Å². The molecule has 0 amide bonds. The molecule has 2 aliphatic rings. The van der Waals surface area contributed by atoms with Crippen LogP contribution in [0.1, 0.15) is 30.1 Å². The Kier molecular flexibility index (Phi) is 3.12. The molecule has 92 valence electrons. The van der Waals surface area contributed by atoms with Crippen molar-refractivity contribution in [2.75, 3.05) is 26.7 Å². The number of pyridine rings is 1. The summed E-state index contributed by atoms with van der Waals surface area (Å²) in [6.07, 6.45) is 5.66. The molecule has 1 saturated heterocycles. The van der Waals surface area contributed by atoms with Crippen molar-refractivity contribution in [1.82, 2.24) is 15.2 Å². The molecule has 0 spiro atoms. The second kappa shape index (κ2) is 4.75. The predicted molar refractivity (Wildman–Crippen MR) is 68.9 cm³/mol. The molecule has 17 heavy (non-hydrogen) atoms. The molecular formula is C14H21N3. The van der Waals surface area contributed by atoms with Gasteiger partial charge in [-0.05, 0) is 56.9 Å². The van der Waals surface area contributed by atoms with Crippen molar-refractivity contribution in [2.45, 2.75) is 25.3 Å². The van der Waals surface area contributed by atoms with Crippen molar-refractivity contribution >= 4 is 0 Å². The van der Waals surface area contributed by atoms with Crippen molar-refractivity contribution in [3.63, 3.8) is 0 Å². The Bertz CT molecular complexity index is 391. The van der Waals surface area contributed by atoms with Crippen molar-refractivity contribution in [3.8, 4) is 0 Å². The molecule has 1 aliphatic heterocycles. The van der Waals surface area contributed by atoms with Crippen LogP contribution in [0.15, 0.2) is 18.3 Å². The molecule has 1 fully saturated rings. The summed E-state index contributed by atoms with van der Waals surface area (Å²) in [5, 5.41) is 3.71. The Balaban J connectivity index is 1.57. The lowest BCUT2D eigenvalue weighted by atomic mass is 10.1. The molecule has 2 heterocycles. The first-order chi connectivity index (χ1) is 8.33. The van der Waals surface area contributed by atoms with E-state index in [1.165, 1.54) is 43.6 Å². The molecular weight excluding hydrogens is 210 g/mol. The zero-order valence-corrected chi connectivity index (χ0v) is 10.5. The van der Waals surface area contributed by atoms with Gasteiger partial charge in [-0.15, -0.1) is 0 Å². The largest absolute Gasteiger partial charge is 0.308 e. The fourth-order valence-electron chi connectivity index (χ4n) is 3.11. The lowest BCUT2D eigenvalue weighted by Crippen LogP contribution is -2.28. The Morgan fingerprint density at radius 2 is 2.41 bits per heavy atom. The zero-order valence-electron chi connectivity index (χ0n) is 10.5. The standard InChI is InChI=1S/C14H21N3/c1-17-8-6-11(10-17)9-16-13-5-4-12-3-2-7-15-14(12)13/h2-3,7,11,13,16H,4-6,8-10H2,1H3. The minimum absolute atomic E-state index is 0.497. The quantitative estimate of drug-likeness (QED) is 0.856. The highest BCUT2D eigenvalue weighted by Gasteiger charge is 2.25. The third-order valence-electron chi connectivity index (χ3n) is 4.10. The molecule has 1 N–H and O–H groups in total. The average Bonchev–Trinajstić information content (AvgIpc) is 2.93. The van der Waals surface area contributed by atoms with Crippen molar-refractivity contribution in [1.29, 1.82) is 0 Å². The van der Waals surface area contributed by atoms with Crippen LogP contribution in [0.4, 0.5) is 0 Å². The van der Waals surface area contributed by atoms with Crippen LogP contribution < -0.4 is 5.32 Å². The molecule has 3 nitrogen and oxygen atoms in total. The van der Waals surface area contributed by atoms with E-state index in [4.69, 9.17) is 0 Å². The lowest BCUT2D eigenvalue weighted by molar-refractivity contribution is 0.377. The summed E-state index contributed by atoms with van der Waals surface area (Å²) in [6.45, 7) is 3.64. The fourth-order valence-corrected chi connectivity index (χ4v) is 3.11. The van der Waals surface area contributed by atoms with E-state index in [1.54, 1.807) is 0 Å². The van der Waals surface area contributed by atoms with Crippen LogP contribution in [0, 0.1) is 5.92 Å². The Hall–Kier alpha value is -0.930. The molecule has 2 atom stereocenters. The van der Waals surface area contributed by atoms with Gasteiger partial charge in [0.2, 0.25) is 0 Å². The van der Waals surface area contributed by atoms with Crippen molar-refractivity contribution < 1.29 is 0 Å². The van der Waals surface area contributed by atoms with E-state index in [0.717, 1.165) is 12.5 Å². The van der Waals surface area contributed by atoms with E-state index in [2.05, 4.69) is 28.3 Å². The van der Waals surface area contributed by atoms with Crippen LogP contribution in [-0.2, 0) is 6.42 Å². The summed E-state index contributed by atoms with van der Waals surface area (Å²) in [5.74, 6) is 0.827. The van der Waals surface area contributed by atoms with Gasteiger partial charge in [-0.25, -0.2) is 0 Å². The number of likely N-dealkylation sites (tertiary alicyclic amines) is 1. The molecule has 2 unspecified atom stereocenters. The number of nitrogens with one attached hydrogen (secondary N) is 1. The predicted octanol–water partition coefficient (Wildman–Crippen LogP) is 1.61. The third kappa shape index (κ3) is 2.35. The SMILES string of the molecule is CN1CCC(CNC2CCc3cccnc32)C1. The molecule has 0 radical (unpaired) electrons. The molecule has 3 rings (SSSR count). The number of fused-ring (bicyclic) bond motifs is 1. The minimum atomic E-state index is 0.497.